The Hall–Kier alpha value is -2.69. The highest BCUT2D eigenvalue weighted by Crippen LogP contribution is 2.22. The number of aryl methyl sites for hydroxylation is 2. The zero-order valence-corrected chi connectivity index (χ0v) is 18.6. The summed E-state index contributed by atoms with van der Waals surface area (Å²) in [6.45, 7) is 10.2. The Morgan fingerprint density at radius 2 is 1.68 bits per heavy atom. The molecule has 0 unspecified atom stereocenters. The molecule has 0 bridgehead atoms. The summed E-state index contributed by atoms with van der Waals surface area (Å²) >= 11 is 0. The summed E-state index contributed by atoms with van der Waals surface area (Å²) in [5.41, 5.74) is 4.45. The molecular formula is C27H32N2O2. The highest BCUT2D eigenvalue weighted by Gasteiger charge is 2.19. The van der Waals surface area contributed by atoms with Crippen molar-refractivity contribution in [3.8, 4) is 0 Å². The first-order valence-corrected chi connectivity index (χ1v) is 11.2. The number of hydrogen-bond donors (Lipinski definition) is 0. The van der Waals surface area contributed by atoms with Crippen LogP contribution in [0.5, 0.6) is 0 Å². The minimum absolute atomic E-state index is 0.109. The molecule has 0 atom stereocenters. The third-order valence-corrected chi connectivity index (χ3v) is 5.97. The van der Waals surface area contributed by atoms with Gasteiger partial charge in [0.05, 0.1) is 13.2 Å². The van der Waals surface area contributed by atoms with Gasteiger partial charge in [-0.2, -0.15) is 0 Å². The number of ether oxygens (including phenoxy) is 1. The largest absolute Gasteiger partial charge is 0.379 e. The van der Waals surface area contributed by atoms with Gasteiger partial charge in [-0.1, -0.05) is 65.7 Å². The van der Waals surface area contributed by atoms with Crippen molar-refractivity contribution < 1.29 is 9.53 Å². The van der Waals surface area contributed by atoms with Gasteiger partial charge in [0.15, 0.2) is 0 Å². The molecule has 4 nitrogen and oxygen atoms in total. The highest BCUT2D eigenvalue weighted by molar-refractivity contribution is 6.07. The van der Waals surface area contributed by atoms with Crippen molar-refractivity contribution in [2.75, 3.05) is 39.4 Å². The van der Waals surface area contributed by atoms with Crippen molar-refractivity contribution in [1.29, 1.82) is 0 Å². The first kappa shape index (κ1) is 21.5. The average molecular weight is 417 g/mol. The molecule has 4 heteroatoms. The Morgan fingerprint density at radius 3 is 2.45 bits per heavy atom. The lowest BCUT2D eigenvalue weighted by atomic mass is 10.0. The van der Waals surface area contributed by atoms with E-state index in [2.05, 4.69) is 49.1 Å². The second kappa shape index (κ2) is 10.1. The van der Waals surface area contributed by atoms with Crippen molar-refractivity contribution in [2.45, 2.75) is 26.8 Å². The van der Waals surface area contributed by atoms with Gasteiger partial charge in [0.2, 0.25) is 0 Å². The highest BCUT2D eigenvalue weighted by atomic mass is 16.5. The van der Waals surface area contributed by atoms with Crippen LogP contribution in [0.15, 0.2) is 60.7 Å². The maximum absolute atomic E-state index is 13.7. The monoisotopic (exact) mass is 416 g/mol. The first-order valence-electron chi connectivity index (χ1n) is 11.2. The van der Waals surface area contributed by atoms with Crippen molar-refractivity contribution >= 4 is 16.7 Å². The zero-order valence-electron chi connectivity index (χ0n) is 18.6. The fraction of sp³-hybridized carbons (Fsp3) is 0.370. The Labute approximate surface area is 185 Å². The third-order valence-electron chi connectivity index (χ3n) is 5.97. The third kappa shape index (κ3) is 5.52. The molecule has 0 N–H and O–H groups in total. The van der Waals surface area contributed by atoms with Crippen LogP contribution < -0.4 is 0 Å². The zero-order chi connectivity index (χ0) is 21.6. The predicted molar refractivity (Wildman–Crippen MR) is 126 cm³/mol. The van der Waals surface area contributed by atoms with Gasteiger partial charge in [-0.05, 0) is 42.7 Å². The van der Waals surface area contributed by atoms with E-state index in [-0.39, 0.29) is 5.91 Å². The number of nitrogens with zero attached hydrogens (tertiary/aromatic N) is 2. The van der Waals surface area contributed by atoms with E-state index in [1.165, 1.54) is 16.7 Å². The van der Waals surface area contributed by atoms with Crippen LogP contribution in [0.2, 0.25) is 0 Å². The SMILES string of the molecule is Cc1cc(C)cc(CN(CCCN2CCOCC2)C(=O)c2cccc3ccccc23)c1. The lowest BCUT2D eigenvalue weighted by Crippen LogP contribution is -2.39. The second-order valence-corrected chi connectivity index (χ2v) is 8.56. The number of hydrogen-bond acceptors (Lipinski definition) is 3. The Kier molecular flexibility index (Phi) is 7.00. The number of benzene rings is 3. The molecule has 1 aliphatic heterocycles. The van der Waals surface area contributed by atoms with Crippen LogP contribution in [0.1, 0.15) is 33.5 Å². The van der Waals surface area contributed by atoms with Gasteiger partial charge in [-0.25, -0.2) is 0 Å². The Morgan fingerprint density at radius 1 is 0.968 bits per heavy atom. The van der Waals surface area contributed by atoms with E-state index in [1.807, 2.05) is 35.2 Å². The van der Waals surface area contributed by atoms with Crippen LogP contribution in [0.3, 0.4) is 0 Å². The quantitative estimate of drug-likeness (QED) is 0.553. The van der Waals surface area contributed by atoms with Crippen molar-refractivity contribution in [3.63, 3.8) is 0 Å². The summed E-state index contributed by atoms with van der Waals surface area (Å²) in [7, 11) is 0. The van der Waals surface area contributed by atoms with Gasteiger partial charge >= 0.3 is 0 Å². The minimum atomic E-state index is 0.109. The van der Waals surface area contributed by atoms with Gasteiger partial charge < -0.3 is 9.64 Å². The number of rotatable bonds is 7. The smallest absolute Gasteiger partial charge is 0.254 e. The molecule has 0 aliphatic carbocycles. The van der Waals surface area contributed by atoms with Gasteiger partial charge in [0.25, 0.3) is 5.91 Å². The summed E-state index contributed by atoms with van der Waals surface area (Å²) in [5, 5.41) is 2.13. The molecular weight excluding hydrogens is 384 g/mol. The van der Waals surface area contributed by atoms with E-state index >= 15 is 0 Å². The molecule has 1 aliphatic rings. The molecule has 1 fully saturated rings. The number of carbonyl (C=O) groups is 1. The van der Waals surface area contributed by atoms with Crippen molar-refractivity contribution in [3.05, 3.63) is 82.9 Å². The normalized spacial score (nSPS) is 14.6. The average Bonchev–Trinajstić information content (AvgIpc) is 2.77. The van der Waals surface area contributed by atoms with Gasteiger partial charge in [0, 0.05) is 38.3 Å². The van der Waals surface area contributed by atoms with Crippen LogP contribution in [0, 0.1) is 13.8 Å². The van der Waals surface area contributed by atoms with Crippen LogP contribution >= 0.6 is 0 Å². The van der Waals surface area contributed by atoms with Crippen molar-refractivity contribution in [1.82, 2.24) is 9.80 Å². The Bertz CT molecular complexity index is 1010. The molecule has 0 radical (unpaired) electrons. The van der Waals surface area contributed by atoms with Gasteiger partial charge in [0.1, 0.15) is 0 Å². The molecule has 1 amide bonds. The summed E-state index contributed by atoms with van der Waals surface area (Å²) in [6.07, 6.45) is 0.960. The lowest BCUT2D eigenvalue weighted by molar-refractivity contribution is 0.0355. The number of fused-ring (bicyclic) bond motifs is 1. The van der Waals surface area contributed by atoms with E-state index < -0.39 is 0 Å². The summed E-state index contributed by atoms with van der Waals surface area (Å²) in [4.78, 5) is 18.2. The lowest BCUT2D eigenvalue weighted by Gasteiger charge is -2.29. The van der Waals surface area contributed by atoms with Gasteiger partial charge in [-0.3, -0.25) is 9.69 Å². The molecule has 0 spiro atoms. The fourth-order valence-corrected chi connectivity index (χ4v) is 4.53. The maximum Gasteiger partial charge on any atom is 0.254 e. The van der Waals surface area contributed by atoms with Crippen LogP contribution in [-0.2, 0) is 11.3 Å². The van der Waals surface area contributed by atoms with Crippen LogP contribution in [0.4, 0.5) is 0 Å². The summed E-state index contributed by atoms with van der Waals surface area (Å²) < 4.78 is 5.46. The van der Waals surface area contributed by atoms with E-state index in [0.29, 0.717) is 6.54 Å². The van der Waals surface area contributed by atoms with E-state index in [1.54, 1.807) is 0 Å². The maximum atomic E-state index is 13.7. The first-order chi connectivity index (χ1) is 15.1. The van der Waals surface area contributed by atoms with Crippen LogP contribution in [0.25, 0.3) is 10.8 Å². The second-order valence-electron chi connectivity index (χ2n) is 8.56. The predicted octanol–water partition coefficient (Wildman–Crippen LogP) is 4.82. The molecule has 0 aromatic heterocycles. The fourth-order valence-electron chi connectivity index (χ4n) is 4.53. The molecule has 0 saturated carbocycles. The number of amides is 1. The number of morpholine rings is 1. The minimum Gasteiger partial charge on any atom is -0.379 e. The number of carbonyl (C=O) groups excluding carboxylic acids is 1. The molecule has 3 aromatic carbocycles. The summed E-state index contributed by atoms with van der Waals surface area (Å²) in [5.74, 6) is 0.109. The molecule has 162 valence electrons. The van der Waals surface area contributed by atoms with E-state index in [4.69, 9.17) is 4.74 Å². The standard InChI is InChI=1S/C27H32N2O2/c1-21-17-22(2)19-23(18-21)20-29(12-6-11-28-13-15-31-16-14-28)27(30)26-10-5-8-24-7-3-4-9-25(24)26/h3-5,7-10,17-19H,6,11-16,20H2,1-2H3. The molecule has 1 saturated heterocycles. The Balaban J connectivity index is 1.56. The molecule has 31 heavy (non-hydrogen) atoms. The molecule has 1 heterocycles. The van der Waals surface area contributed by atoms with E-state index in [9.17, 15) is 4.79 Å². The topological polar surface area (TPSA) is 32.8 Å². The van der Waals surface area contributed by atoms with Gasteiger partial charge in [-0.15, -0.1) is 0 Å². The summed E-state index contributed by atoms with van der Waals surface area (Å²) in [6, 6.07) is 20.7. The molecule has 4 rings (SSSR count). The van der Waals surface area contributed by atoms with E-state index in [0.717, 1.165) is 62.1 Å². The molecule has 3 aromatic rings. The van der Waals surface area contributed by atoms with Crippen molar-refractivity contribution in [2.24, 2.45) is 0 Å². The van der Waals surface area contributed by atoms with Crippen LogP contribution in [-0.4, -0.2) is 55.1 Å².